The van der Waals surface area contributed by atoms with Gasteiger partial charge in [-0.05, 0) is 44.7 Å². The van der Waals surface area contributed by atoms with Gasteiger partial charge in [0.1, 0.15) is 0 Å². The maximum Gasteiger partial charge on any atom is 0.0120 e. The minimum Gasteiger partial charge on any atom is -0.317 e. The fourth-order valence-electron chi connectivity index (χ4n) is 2.21. The summed E-state index contributed by atoms with van der Waals surface area (Å²) in [5.74, 6) is 7.98. The lowest BCUT2D eigenvalue weighted by molar-refractivity contribution is 0.376. The van der Waals surface area contributed by atoms with Crippen LogP contribution in [0.15, 0.2) is 0 Å². The lowest BCUT2D eigenvalue weighted by Crippen LogP contribution is -2.24. The number of hydrogen-bond acceptors (Lipinski definition) is 1. The lowest BCUT2D eigenvalue weighted by Gasteiger charge is -2.17. The first-order valence-electron chi connectivity index (χ1n) is 5.48. The van der Waals surface area contributed by atoms with Gasteiger partial charge in [0.2, 0.25) is 0 Å². The molecule has 13 heavy (non-hydrogen) atoms. The summed E-state index contributed by atoms with van der Waals surface area (Å²) < 4.78 is 0. The molecule has 0 bridgehead atoms. The molecule has 0 spiro atoms. The zero-order valence-corrected chi connectivity index (χ0v) is 8.90. The minimum atomic E-state index is 0.867. The van der Waals surface area contributed by atoms with Gasteiger partial charge in [-0.15, -0.1) is 11.8 Å². The summed E-state index contributed by atoms with van der Waals surface area (Å²) >= 11 is 0. The van der Waals surface area contributed by atoms with Crippen LogP contribution in [-0.4, -0.2) is 13.1 Å². The molecular formula is C12H21N. The summed E-state index contributed by atoms with van der Waals surface area (Å²) in [6.07, 6.45) is 5.33. The van der Waals surface area contributed by atoms with E-state index in [1.165, 1.54) is 25.8 Å². The molecule has 1 aliphatic rings. The topological polar surface area (TPSA) is 12.0 Å². The number of hydrogen-bond donors (Lipinski definition) is 1. The van der Waals surface area contributed by atoms with E-state index in [2.05, 4.69) is 24.1 Å². The summed E-state index contributed by atoms with van der Waals surface area (Å²) in [5.41, 5.74) is 0. The highest BCUT2D eigenvalue weighted by Gasteiger charge is 2.25. The van der Waals surface area contributed by atoms with E-state index < -0.39 is 0 Å². The largest absolute Gasteiger partial charge is 0.317 e. The summed E-state index contributed by atoms with van der Waals surface area (Å²) in [5, 5.41) is 3.45. The third-order valence-corrected chi connectivity index (χ3v) is 3.01. The molecule has 1 fully saturated rings. The van der Waals surface area contributed by atoms with Gasteiger partial charge in [-0.25, -0.2) is 0 Å². The maximum absolute atomic E-state index is 3.45. The molecule has 1 saturated carbocycles. The third-order valence-electron chi connectivity index (χ3n) is 3.01. The van der Waals surface area contributed by atoms with Crippen molar-refractivity contribution in [3.05, 3.63) is 0 Å². The molecule has 0 aromatic rings. The van der Waals surface area contributed by atoms with Crippen molar-refractivity contribution in [1.29, 1.82) is 0 Å². The van der Waals surface area contributed by atoms with Gasteiger partial charge in [0, 0.05) is 6.42 Å². The molecule has 2 unspecified atom stereocenters. The van der Waals surface area contributed by atoms with Gasteiger partial charge in [-0.3, -0.25) is 0 Å². The summed E-state index contributed by atoms with van der Waals surface area (Å²) in [6, 6.07) is 0. The fraction of sp³-hybridized carbons (Fsp3) is 0.833. The van der Waals surface area contributed by atoms with Crippen LogP contribution < -0.4 is 5.32 Å². The van der Waals surface area contributed by atoms with Gasteiger partial charge in [0.05, 0.1) is 0 Å². The third kappa shape index (κ3) is 3.40. The molecule has 74 valence electrons. The molecule has 1 rings (SSSR count). The van der Waals surface area contributed by atoms with Crippen LogP contribution >= 0.6 is 0 Å². The first kappa shape index (κ1) is 10.6. The van der Waals surface area contributed by atoms with Crippen LogP contribution in [0, 0.1) is 23.7 Å². The van der Waals surface area contributed by atoms with E-state index in [9.17, 15) is 0 Å². The van der Waals surface area contributed by atoms with Crippen LogP contribution in [0.5, 0.6) is 0 Å². The molecule has 1 nitrogen and oxygen atoms in total. The number of nitrogens with one attached hydrogen (secondary N) is 1. The van der Waals surface area contributed by atoms with Gasteiger partial charge in [0.25, 0.3) is 0 Å². The first-order valence-corrected chi connectivity index (χ1v) is 5.48. The molecule has 0 heterocycles. The molecule has 1 heteroatoms. The molecule has 0 aromatic carbocycles. The molecule has 2 atom stereocenters. The second-order valence-electron chi connectivity index (χ2n) is 3.89. The van der Waals surface area contributed by atoms with E-state index in [1.807, 2.05) is 6.92 Å². The quantitative estimate of drug-likeness (QED) is 0.654. The van der Waals surface area contributed by atoms with Crippen LogP contribution in [0.4, 0.5) is 0 Å². The first-order chi connectivity index (χ1) is 6.38. The molecule has 0 saturated heterocycles. The molecule has 0 amide bonds. The van der Waals surface area contributed by atoms with Crippen LogP contribution in [-0.2, 0) is 0 Å². The van der Waals surface area contributed by atoms with E-state index in [0.29, 0.717) is 0 Å². The molecule has 0 radical (unpaired) electrons. The Hall–Kier alpha value is -0.480. The van der Waals surface area contributed by atoms with Crippen molar-refractivity contribution >= 4 is 0 Å². The Bertz CT molecular complexity index is 187. The SMILES string of the molecule is CC#CCC1CCCC1CNCC. The van der Waals surface area contributed by atoms with E-state index in [4.69, 9.17) is 0 Å². The number of rotatable bonds is 4. The van der Waals surface area contributed by atoms with Crippen LogP contribution in [0.25, 0.3) is 0 Å². The van der Waals surface area contributed by atoms with E-state index >= 15 is 0 Å². The van der Waals surface area contributed by atoms with Crippen molar-refractivity contribution in [2.24, 2.45) is 11.8 Å². The smallest absolute Gasteiger partial charge is 0.0120 e. The van der Waals surface area contributed by atoms with Gasteiger partial charge in [0.15, 0.2) is 0 Å². The van der Waals surface area contributed by atoms with Crippen LogP contribution in [0.1, 0.15) is 39.5 Å². The summed E-state index contributed by atoms with van der Waals surface area (Å²) in [6.45, 7) is 6.42. The Morgan fingerprint density at radius 3 is 2.77 bits per heavy atom. The predicted molar refractivity (Wildman–Crippen MR) is 57.4 cm³/mol. The maximum atomic E-state index is 3.45. The Balaban J connectivity index is 2.28. The van der Waals surface area contributed by atoms with Gasteiger partial charge in [-0.1, -0.05) is 13.3 Å². The average Bonchev–Trinajstić information content (AvgIpc) is 2.59. The Labute approximate surface area is 82.3 Å². The lowest BCUT2D eigenvalue weighted by atomic mass is 9.93. The Kier molecular flexibility index (Phi) is 4.93. The van der Waals surface area contributed by atoms with Gasteiger partial charge >= 0.3 is 0 Å². The van der Waals surface area contributed by atoms with E-state index in [0.717, 1.165) is 24.8 Å². The van der Waals surface area contributed by atoms with Crippen molar-refractivity contribution < 1.29 is 0 Å². The monoisotopic (exact) mass is 179 g/mol. The second kappa shape index (κ2) is 6.05. The van der Waals surface area contributed by atoms with Crippen LogP contribution in [0.3, 0.4) is 0 Å². The van der Waals surface area contributed by atoms with Crippen LogP contribution in [0.2, 0.25) is 0 Å². The van der Waals surface area contributed by atoms with Crippen molar-refractivity contribution in [3.8, 4) is 11.8 Å². The van der Waals surface area contributed by atoms with Gasteiger partial charge in [-0.2, -0.15) is 0 Å². The van der Waals surface area contributed by atoms with E-state index in [-0.39, 0.29) is 0 Å². The van der Waals surface area contributed by atoms with Crippen molar-refractivity contribution in [3.63, 3.8) is 0 Å². The van der Waals surface area contributed by atoms with Crippen molar-refractivity contribution in [2.75, 3.05) is 13.1 Å². The second-order valence-corrected chi connectivity index (χ2v) is 3.89. The Morgan fingerprint density at radius 1 is 1.31 bits per heavy atom. The molecule has 0 aromatic heterocycles. The fourth-order valence-corrected chi connectivity index (χ4v) is 2.21. The zero-order valence-electron chi connectivity index (χ0n) is 8.90. The molecule has 1 aliphatic carbocycles. The standard InChI is InChI=1S/C12H21N/c1-3-5-7-11-8-6-9-12(11)10-13-4-2/h11-13H,4,6-10H2,1-2H3. The zero-order chi connectivity index (χ0) is 9.52. The molecule has 0 aliphatic heterocycles. The van der Waals surface area contributed by atoms with Crippen molar-refractivity contribution in [1.82, 2.24) is 5.32 Å². The van der Waals surface area contributed by atoms with Gasteiger partial charge < -0.3 is 5.32 Å². The van der Waals surface area contributed by atoms with Crippen molar-refractivity contribution in [2.45, 2.75) is 39.5 Å². The highest BCUT2D eigenvalue weighted by Crippen LogP contribution is 2.33. The summed E-state index contributed by atoms with van der Waals surface area (Å²) in [4.78, 5) is 0. The predicted octanol–water partition coefficient (Wildman–Crippen LogP) is 2.43. The minimum absolute atomic E-state index is 0.867. The summed E-state index contributed by atoms with van der Waals surface area (Å²) in [7, 11) is 0. The highest BCUT2D eigenvalue weighted by molar-refractivity contribution is 4.98. The molecule has 1 N–H and O–H groups in total. The molecular weight excluding hydrogens is 158 g/mol. The average molecular weight is 179 g/mol. The highest BCUT2D eigenvalue weighted by atomic mass is 14.8. The normalized spacial score (nSPS) is 26.9. The Morgan fingerprint density at radius 2 is 2.08 bits per heavy atom. The van der Waals surface area contributed by atoms with E-state index in [1.54, 1.807) is 0 Å².